The lowest BCUT2D eigenvalue weighted by molar-refractivity contribution is -0.384. The number of ether oxygens (including phenoxy) is 1. The molecular formula is C26H18N2O7. The van der Waals surface area contributed by atoms with Crippen LogP contribution < -0.4 is 10.3 Å². The van der Waals surface area contributed by atoms with Crippen LogP contribution in [-0.4, -0.2) is 23.4 Å². The zero-order valence-corrected chi connectivity index (χ0v) is 18.5. The number of amides is 1. The van der Waals surface area contributed by atoms with Crippen molar-refractivity contribution in [2.24, 2.45) is 0 Å². The van der Waals surface area contributed by atoms with Crippen molar-refractivity contribution in [3.63, 3.8) is 0 Å². The van der Waals surface area contributed by atoms with Gasteiger partial charge in [-0.3, -0.25) is 24.6 Å². The molecular weight excluding hydrogens is 452 g/mol. The van der Waals surface area contributed by atoms with Gasteiger partial charge in [0.2, 0.25) is 5.76 Å². The second-order valence-corrected chi connectivity index (χ2v) is 7.87. The molecule has 0 radical (unpaired) electrons. The standard InChI is InChI=1S/C26H18N2O7/c1-2-34-26(31)15-10-12-17(13-11-15)27-22(16-6-5-7-18(14-16)28(32)33)21-23(29)19-8-3-4-9-20(19)35-24(21)25(27)30/h3-14,22H,2H2,1H3. The van der Waals surface area contributed by atoms with Crippen LogP contribution in [0.1, 0.15) is 45.0 Å². The van der Waals surface area contributed by atoms with E-state index in [0.717, 1.165) is 0 Å². The minimum absolute atomic E-state index is 0.101. The Hall–Kier alpha value is -4.79. The molecule has 174 valence electrons. The average molecular weight is 470 g/mol. The van der Waals surface area contributed by atoms with Gasteiger partial charge in [0.05, 0.1) is 34.1 Å². The van der Waals surface area contributed by atoms with E-state index in [1.54, 1.807) is 49.4 Å². The number of para-hydroxylation sites is 1. The minimum Gasteiger partial charge on any atom is -0.462 e. The SMILES string of the molecule is CCOC(=O)c1ccc(N2C(=O)c3oc4ccccc4c(=O)c3C2c2cccc([N+](=O)[O-])c2)cc1. The Labute approximate surface area is 198 Å². The maximum Gasteiger partial charge on any atom is 0.338 e. The van der Waals surface area contributed by atoms with E-state index >= 15 is 0 Å². The van der Waals surface area contributed by atoms with Crippen LogP contribution in [0.2, 0.25) is 0 Å². The number of fused-ring (bicyclic) bond motifs is 2. The highest BCUT2D eigenvalue weighted by molar-refractivity contribution is 6.10. The van der Waals surface area contributed by atoms with Crippen LogP contribution in [0.5, 0.6) is 0 Å². The molecule has 1 amide bonds. The van der Waals surface area contributed by atoms with E-state index in [4.69, 9.17) is 9.15 Å². The zero-order valence-electron chi connectivity index (χ0n) is 18.5. The Morgan fingerprint density at radius 3 is 2.51 bits per heavy atom. The van der Waals surface area contributed by atoms with Crippen molar-refractivity contribution in [1.29, 1.82) is 0 Å². The molecule has 0 fully saturated rings. The second-order valence-electron chi connectivity index (χ2n) is 7.87. The summed E-state index contributed by atoms with van der Waals surface area (Å²) in [5, 5.41) is 11.7. The van der Waals surface area contributed by atoms with E-state index in [9.17, 15) is 24.5 Å². The van der Waals surface area contributed by atoms with Crippen LogP contribution in [0.3, 0.4) is 0 Å². The summed E-state index contributed by atoms with van der Waals surface area (Å²) in [6, 6.07) is 17.6. The van der Waals surface area contributed by atoms with E-state index in [2.05, 4.69) is 0 Å². The number of carbonyl (C=O) groups is 2. The molecule has 1 aromatic heterocycles. The lowest BCUT2D eigenvalue weighted by Crippen LogP contribution is -2.29. The summed E-state index contributed by atoms with van der Waals surface area (Å²) in [5.74, 6) is -1.20. The van der Waals surface area contributed by atoms with Crippen LogP contribution in [0.15, 0.2) is 82.0 Å². The molecule has 4 aromatic rings. The van der Waals surface area contributed by atoms with Gasteiger partial charge in [-0.1, -0.05) is 24.3 Å². The molecule has 0 saturated heterocycles. The lowest BCUT2D eigenvalue weighted by Gasteiger charge is -2.25. The molecule has 0 saturated carbocycles. The Kier molecular flexibility index (Phi) is 5.37. The largest absolute Gasteiger partial charge is 0.462 e. The summed E-state index contributed by atoms with van der Waals surface area (Å²) < 4.78 is 10.9. The van der Waals surface area contributed by atoms with Crippen LogP contribution in [0.4, 0.5) is 11.4 Å². The number of esters is 1. The normalized spacial score (nSPS) is 14.7. The molecule has 5 rings (SSSR count). The molecule has 0 aliphatic carbocycles. The minimum atomic E-state index is -0.966. The van der Waals surface area contributed by atoms with Crippen LogP contribution in [0, 0.1) is 10.1 Å². The fourth-order valence-electron chi connectivity index (χ4n) is 4.28. The smallest absolute Gasteiger partial charge is 0.338 e. The quantitative estimate of drug-likeness (QED) is 0.237. The zero-order chi connectivity index (χ0) is 24.7. The Morgan fingerprint density at radius 2 is 1.80 bits per heavy atom. The maximum absolute atomic E-state index is 13.6. The Balaban J connectivity index is 1.72. The van der Waals surface area contributed by atoms with Gasteiger partial charge in [0, 0.05) is 17.8 Å². The molecule has 0 N–H and O–H groups in total. The predicted octanol–water partition coefficient (Wildman–Crippen LogP) is 4.63. The average Bonchev–Trinajstić information content (AvgIpc) is 3.17. The van der Waals surface area contributed by atoms with Gasteiger partial charge in [0.15, 0.2) is 5.43 Å². The monoisotopic (exact) mass is 470 g/mol. The summed E-state index contributed by atoms with van der Waals surface area (Å²) >= 11 is 0. The number of hydrogen-bond donors (Lipinski definition) is 0. The first kappa shape index (κ1) is 22.0. The first-order chi connectivity index (χ1) is 16.9. The van der Waals surface area contributed by atoms with E-state index in [0.29, 0.717) is 22.2 Å². The lowest BCUT2D eigenvalue weighted by atomic mass is 9.97. The van der Waals surface area contributed by atoms with Crippen molar-refractivity contribution < 1.29 is 23.7 Å². The topological polar surface area (TPSA) is 120 Å². The van der Waals surface area contributed by atoms with E-state index in [-0.39, 0.29) is 29.2 Å². The van der Waals surface area contributed by atoms with Crippen molar-refractivity contribution in [3.05, 3.63) is 116 Å². The molecule has 0 spiro atoms. The van der Waals surface area contributed by atoms with Crippen LogP contribution in [-0.2, 0) is 4.74 Å². The van der Waals surface area contributed by atoms with E-state index in [1.807, 2.05) is 0 Å². The number of carbonyl (C=O) groups excluding carboxylic acids is 2. The number of hydrogen-bond acceptors (Lipinski definition) is 7. The molecule has 1 aliphatic heterocycles. The molecule has 9 heteroatoms. The molecule has 35 heavy (non-hydrogen) atoms. The van der Waals surface area contributed by atoms with Crippen molar-refractivity contribution in [3.8, 4) is 0 Å². The molecule has 3 aromatic carbocycles. The third kappa shape index (κ3) is 3.63. The molecule has 1 aliphatic rings. The highest BCUT2D eigenvalue weighted by Crippen LogP contribution is 2.41. The number of benzene rings is 3. The summed E-state index contributed by atoms with van der Waals surface area (Å²) in [4.78, 5) is 51.4. The first-order valence-corrected chi connectivity index (χ1v) is 10.8. The van der Waals surface area contributed by atoms with E-state index < -0.39 is 28.3 Å². The third-order valence-corrected chi connectivity index (χ3v) is 5.83. The molecule has 2 heterocycles. The van der Waals surface area contributed by atoms with E-state index in [1.165, 1.54) is 35.2 Å². The molecule has 1 unspecified atom stereocenters. The number of nitro benzene ring substituents is 1. The summed E-state index contributed by atoms with van der Waals surface area (Å²) in [5.41, 5.74) is 0.860. The van der Waals surface area contributed by atoms with Gasteiger partial charge >= 0.3 is 5.97 Å². The number of rotatable bonds is 5. The highest BCUT2D eigenvalue weighted by atomic mass is 16.6. The van der Waals surface area contributed by atoms with Gasteiger partial charge in [-0.25, -0.2) is 4.79 Å². The molecule has 9 nitrogen and oxygen atoms in total. The predicted molar refractivity (Wildman–Crippen MR) is 127 cm³/mol. The summed E-state index contributed by atoms with van der Waals surface area (Å²) in [6.07, 6.45) is 0. The van der Waals surface area contributed by atoms with Gasteiger partial charge < -0.3 is 9.15 Å². The van der Waals surface area contributed by atoms with Crippen molar-refractivity contribution >= 4 is 34.2 Å². The van der Waals surface area contributed by atoms with Gasteiger partial charge in [0.25, 0.3) is 11.6 Å². The highest BCUT2D eigenvalue weighted by Gasteiger charge is 2.44. The van der Waals surface area contributed by atoms with Crippen LogP contribution in [0.25, 0.3) is 11.0 Å². The molecule has 0 bridgehead atoms. The Bertz CT molecular complexity index is 1560. The van der Waals surface area contributed by atoms with Crippen LogP contribution >= 0.6 is 0 Å². The number of nitrogens with zero attached hydrogens (tertiary/aromatic N) is 2. The molecule has 1 atom stereocenters. The second kappa shape index (κ2) is 8.53. The maximum atomic E-state index is 13.6. The first-order valence-electron chi connectivity index (χ1n) is 10.8. The number of non-ortho nitro benzene ring substituents is 1. The van der Waals surface area contributed by atoms with Crippen molar-refractivity contribution in [2.75, 3.05) is 11.5 Å². The Morgan fingerprint density at radius 1 is 1.06 bits per heavy atom. The van der Waals surface area contributed by atoms with Crippen molar-refractivity contribution in [1.82, 2.24) is 0 Å². The van der Waals surface area contributed by atoms with Crippen molar-refractivity contribution in [2.45, 2.75) is 13.0 Å². The summed E-state index contributed by atoms with van der Waals surface area (Å²) in [6.45, 7) is 1.92. The number of nitro groups is 1. The van der Waals surface area contributed by atoms with Gasteiger partial charge in [-0.2, -0.15) is 0 Å². The third-order valence-electron chi connectivity index (χ3n) is 5.83. The van der Waals surface area contributed by atoms with Gasteiger partial charge in [0.1, 0.15) is 5.58 Å². The van der Waals surface area contributed by atoms with Gasteiger partial charge in [-0.05, 0) is 48.9 Å². The van der Waals surface area contributed by atoms with Gasteiger partial charge in [-0.15, -0.1) is 0 Å². The number of anilines is 1. The summed E-state index contributed by atoms with van der Waals surface area (Å²) in [7, 11) is 0. The fourth-order valence-corrected chi connectivity index (χ4v) is 4.28. The fraction of sp³-hybridized carbons (Fsp3) is 0.115.